The first-order valence-corrected chi connectivity index (χ1v) is 13.0. The fraction of sp³-hybridized carbons (Fsp3) is 0.955. The summed E-state index contributed by atoms with van der Waals surface area (Å²) < 4.78 is 0. The molecule has 0 aliphatic rings. The van der Waals surface area contributed by atoms with E-state index in [2.05, 4.69) is 27.7 Å². The molecule has 0 spiro atoms. The highest BCUT2D eigenvalue weighted by Gasteiger charge is 2.43. The number of hydrogen-bond donors (Lipinski definition) is 1. The lowest BCUT2D eigenvalue weighted by molar-refractivity contribution is -0.143. The van der Waals surface area contributed by atoms with Crippen molar-refractivity contribution in [2.24, 2.45) is 5.92 Å². The number of carboxylic acids is 1. The van der Waals surface area contributed by atoms with Gasteiger partial charge in [0.1, 0.15) is 0 Å². The molecule has 0 aromatic rings. The van der Waals surface area contributed by atoms with E-state index in [-0.39, 0.29) is 5.04 Å². The summed E-state index contributed by atoms with van der Waals surface area (Å²) in [7, 11) is -0.570. The molecule has 0 radical (unpaired) electrons. The van der Waals surface area contributed by atoms with E-state index < -0.39 is 15.5 Å². The standard InChI is InChI=1S/C22H46O2Si/c1-5-9-11-13-15-17-20(8-4)22(21(23)24,25-19-7-3)18-16-14-12-10-6-2/h20H,5-19,25H2,1-4H3,(H,23,24). The molecule has 2 atom stereocenters. The Morgan fingerprint density at radius 1 is 0.840 bits per heavy atom. The summed E-state index contributed by atoms with van der Waals surface area (Å²) in [5.41, 5.74) is 0. The topological polar surface area (TPSA) is 37.3 Å². The third-order valence-corrected chi connectivity index (χ3v) is 9.25. The van der Waals surface area contributed by atoms with Gasteiger partial charge in [-0.25, -0.2) is 0 Å². The minimum absolute atomic E-state index is 0.332. The molecule has 0 aliphatic carbocycles. The molecule has 0 amide bonds. The zero-order valence-corrected chi connectivity index (χ0v) is 19.2. The quantitative estimate of drug-likeness (QED) is 0.209. The highest BCUT2D eigenvalue weighted by Crippen LogP contribution is 2.46. The van der Waals surface area contributed by atoms with Crippen molar-refractivity contribution >= 4 is 15.5 Å². The zero-order chi connectivity index (χ0) is 19.0. The van der Waals surface area contributed by atoms with E-state index in [0.717, 1.165) is 32.1 Å². The maximum absolute atomic E-state index is 12.4. The van der Waals surface area contributed by atoms with Crippen molar-refractivity contribution < 1.29 is 9.90 Å². The second kappa shape index (κ2) is 15.9. The van der Waals surface area contributed by atoms with Crippen molar-refractivity contribution in [1.82, 2.24) is 0 Å². The Kier molecular flexibility index (Phi) is 15.7. The molecule has 0 aliphatic heterocycles. The van der Waals surface area contributed by atoms with Crippen LogP contribution in [0.15, 0.2) is 0 Å². The lowest BCUT2D eigenvalue weighted by Crippen LogP contribution is -2.37. The van der Waals surface area contributed by atoms with Gasteiger partial charge in [-0.2, -0.15) is 0 Å². The van der Waals surface area contributed by atoms with E-state index in [0.29, 0.717) is 5.92 Å². The summed E-state index contributed by atoms with van der Waals surface area (Å²) in [4.78, 5) is 12.4. The molecule has 2 unspecified atom stereocenters. The van der Waals surface area contributed by atoms with Crippen LogP contribution in [0.2, 0.25) is 11.1 Å². The molecule has 0 bridgehead atoms. The van der Waals surface area contributed by atoms with Crippen LogP contribution in [-0.2, 0) is 4.79 Å². The number of hydrogen-bond acceptors (Lipinski definition) is 1. The van der Waals surface area contributed by atoms with Gasteiger partial charge < -0.3 is 5.11 Å². The van der Waals surface area contributed by atoms with Gasteiger partial charge in [0.15, 0.2) is 0 Å². The summed E-state index contributed by atoms with van der Waals surface area (Å²) in [5.74, 6) is -0.0421. The summed E-state index contributed by atoms with van der Waals surface area (Å²) in [5, 5.41) is 9.90. The number of unbranched alkanes of at least 4 members (excludes halogenated alkanes) is 8. The van der Waals surface area contributed by atoms with Gasteiger partial charge in [0.25, 0.3) is 0 Å². The first-order valence-electron chi connectivity index (χ1n) is 11.3. The SMILES string of the molecule is CCCCCCCC(CC)C(CCCCCCC)([SiH2]CCC)C(=O)O. The minimum Gasteiger partial charge on any atom is -0.481 e. The average Bonchev–Trinajstić information content (AvgIpc) is 2.61. The second-order valence-electron chi connectivity index (χ2n) is 8.04. The van der Waals surface area contributed by atoms with E-state index in [4.69, 9.17) is 0 Å². The Balaban J connectivity index is 4.85. The number of carboxylic acid groups (broad SMARTS) is 1. The van der Waals surface area contributed by atoms with E-state index in [1.807, 2.05) is 0 Å². The summed E-state index contributed by atoms with van der Waals surface area (Å²) >= 11 is 0. The van der Waals surface area contributed by atoms with Crippen LogP contribution in [0.4, 0.5) is 0 Å². The fourth-order valence-electron chi connectivity index (χ4n) is 4.32. The molecule has 0 aromatic heterocycles. The van der Waals surface area contributed by atoms with Crippen LogP contribution in [0.5, 0.6) is 0 Å². The number of rotatable bonds is 18. The normalized spacial score (nSPS) is 15.5. The average molecular weight is 371 g/mol. The largest absolute Gasteiger partial charge is 0.481 e. The first-order chi connectivity index (χ1) is 12.1. The number of carbonyl (C=O) groups is 1. The van der Waals surface area contributed by atoms with Crippen LogP contribution >= 0.6 is 0 Å². The third-order valence-electron chi connectivity index (χ3n) is 6.06. The van der Waals surface area contributed by atoms with Crippen LogP contribution in [0.1, 0.15) is 118 Å². The predicted molar refractivity (Wildman–Crippen MR) is 115 cm³/mol. The van der Waals surface area contributed by atoms with Crippen molar-refractivity contribution in [2.45, 2.75) is 129 Å². The van der Waals surface area contributed by atoms with Crippen molar-refractivity contribution in [3.8, 4) is 0 Å². The summed E-state index contributed by atoms with van der Waals surface area (Å²) in [6.45, 7) is 8.93. The van der Waals surface area contributed by atoms with E-state index in [9.17, 15) is 9.90 Å². The van der Waals surface area contributed by atoms with Gasteiger partial charge in [-0.15, -0.1) is 0 Å². The van der Waals surface area contributed by atoms with Crippen LogP contribution in [0, 0.1) is 5.92 Å². The molecule has 150 valence electrons. The third kappa shape index (κ3) is 9.82. The number of aliphatic carboxylic acids is 1. The molecule has 0 fully saturated rings. The lowest BCUT2D eigenvalue weighted by atomic mass is 9.81. The molecule has 0 aromatic carbocycles. The fourth-order valence-corrected chi connectivity index (χ4v) is 6.92. The van der Waals surface area contributed by atoms with Gasteiger partial charge in [0.2, 0.25) is 0 Å². The molecule has 25 heavy (non-hydrogen) atoms. The Bertz CT molecular complexity index is 319. The molecular formula is C22H46O2Si. The minimum atomic E-state index is -0.570. The summed E-state index contributed by atoms with van der Waals surface area (Å²) in [6, 6.07) is 1.19. The molecule has 3 heteroatoms. The van der Waals surface area contributed by atoms with Crippen LogP contribution in [-0.4, -0.2) is 20.6 Å². The molecular weight excluding hydrogens is 324 g/mol. The van der Waals surface area contributed by atoms with Crippen molar-refractivity contribution in [3.05, 3.63) is 0 Å². The van der Waals surface area contributed by atoms with E-state index >= 15 is 0 Å². The molecule has 2 nitrogen and oxygen atoms in total. The van der Waals surface area contributed by atoms with Crippen LogP contribution in [0.25, 0.3) is 0 Å². The Morgan fingerprint density at radius 3 is 1.88 bits per heavy atom. The highest BCUT2D eigenvalue weighted by molar-refractivity contribution is 6.46. The first kappa shape index (κ1) is 24.7. The molecule has 0 saturated heterocycles. The zero-order valence-electron chi connectivity index (χ0n) is 17.7. The van der Waals surface area contributed by atoms with Gasteiger partial charge in [-0.3, -0.25) is 4.79 Å². The van der Waals surface area contributed by atoms with Crippen LogP contribution < -0.4 is 0 Å². The van der Waals surface area contributed by atoms with Crippen molar-refractivity contribution in [2.75, 3.05) is 0 Å². The smallest absolute Gasteiger partial charge is 0.306 e. The molecule has 0 saturated carbocycles. The second-order valence-corrected chi connectivity index (χ2v) is 10.5. The van der Waals surface area contributed by atoms with Gasteiger partial charge in [-0.05, 0) is 18.8 Å². The maximum atomic E-state index is 12.4. The van der Waals surface area contributed by atoms with Gasteiger partial charge in [-0.1, -0.05) is 111 Å². The highest BCUT2D eigenvalue weighted by atomic mass is 28.2. The Morgan fingerprint density at radius 2 is 1.40 bits per heavy atom. The molecule has 1 N–H and O–H groups in total. The maximum Gasteiger partial charge on any atom is 0.306 e. The van der Waals surface area contributed by atoms with Crippen molar-refractivity contribution in [1.29, 1.82) is 0 Å². The lowest BCUT2D eigenvalue weighted by Gasteiger charge is -2.37. The molecule has 0 heterocycles. The Labute approximate surface area is 160 Å². The van der Waals surface area contributed by atoms with Gasteiger partial charge in [0.05, 0.1) is 5.04 Å². The predicted octanol–water partition coefficient (Wildman–Crippen LogP) is 6.97. The van der Waals surface area contributed by atoms with Crippen molar-refractivity contribution in [3.63, 3.8) is 0 Å². The van der Waals surface area contributed by atoms with Gasteiger partial charge >= 0.3 is 5.97 Å². The van der Waals surface area contributed by atoms with Gasteiger partial charge in [0, 0.05) is 9.52 Å². The van der Waals surface area contributed by atoms with E-state index in [1.165, 1.54) is 63.8 Å². The van der Waals surface area contributed by atoms with Crippen LogP contribution in [0.3, 0.4) is 0 Å². The summed E-state index contributed by atoms with van der Waals surface area (Å²) in [6.07, 6.45) is 16.9. The van der Waals surface area contributed by atoms with E-state index in [1.54, 1.807) is 0 Å². The Hall–Kier alpha value is -0.313. The molecule has 0 rings (SSSR count). The monoisotopic (exact) mass is 370 g/mol.